The van der Waals surface area contributed by atoms with Gasteiger partial charge in [0.15, 0.2) is 5.65 Å². The van der Waals surface area contributed by atoms with E-state index in [0.717, 1.165) is 5.56 Å². The zero-order valence-corrected chi connectivity index (χ0v) is 16.0. The molecule has 7 nitrogen and oxygen atoms in total. The van der Waals surface area contributed by atoms with Crippen LogP contribution in [0.4, 0.5) is 0 Å². The lowest BCUT2D eigenvalue weighted by molar-refractivity contribution is 0.412. The van der Waals surface area contributed by atoms with Crippen LogP contribution in [0.1, 0.15) is 5.56 Å². The Balaban J connectivity index is 1.98. The molecule has 0 saturated heterocycles. The minimum Gasteiger partial charge on any atom is -0.497 e. The van der Waals surface area contributed by atoms with Crippen LogP contribution >= 0.6 is 0 Å². The van der Waals surface area contributed by atoms with Crippen molar-refractivity contribution in [3.8, 4) is 17.2 Å². The highest BCUT2D eigenvalue weighted by molar-refractivity contribution is 5.76. The molecule has 0 radical (unpaired) electrons. The number of pyridine rings is 1. The summed E-state index contributed by atoms with van der Waals surface area (Å²) in [4.78, 5) is 30.8. The van der Waals surface area contributed by atoms with Gasteiger partial charge in [0, 0.05) is 6.20 Å². The molecule has 4 aromatic rings. The summed E-state index contributed by atoms with van der Waals surface area (Å²) < 4.78 is 13.2. The summed E-state index contributed by atoms with van der Waals surface area (Å²) in [5.74, 6) is 1.21. The van der Waals surface area contributed by atoms with Gasteiger partial charge in [0.1, 0.15) is 11.5 Å². The van der Waals surface area contributed by atoms with Crippen molar-refractivity contribution in [2.75, 3.05) is 14.2 Å². The molecule has 0 amide bonds. The predicted octanol–water partition coefficient (Wildman–Crippen LogP) is 2.61. The fraction of sp³-hybridized carbons (Fsp3) is 0.136. The third-order valence-corrected chi connectivity index (χ3v) is 4.72. The van der Waals surface area contributed by atoms with Crippen LogP contribution in [0.2, 0.25) is 0 Å². The Hall–Kier alpha value is -3.87. The molecule has 29 heavy (non-hydrogen) atoms. The largest absolute Gasteiger partial charge is 0.497 e. The number of ether oxygens (including phenoxy) is 2. The van der Waals surface area contributed by atoms with E-state index >= 15 is 0 Å². The minimum atomic E-state index is -0.485. The molecule has 2 heterocycles. The number of hydrogen-bond acceptors (Lipinski definition) is 5. The second kappa shape index (κ2) is 7.63. The Bertz CT molecular complexity index is 1290. The Labute approximate surface area is 166 Å². The van der Waals surface area contributed by atoms with E-state index in [1.807, 2.05) is 18.2 Å². The standard InChI is InChI=1S/C22H19N3O4/c1-28-16-11-9-15(10-12-16)14-24-21(26)17-6-5-13-23-20(17)25(22(24)27)18-7-3-4-8-19(18)29-2/h3-13H,14H2,1-2H3. The fourth-order valence-electron chi connectivity index (χ4n) is 3.27. The number of benzene rings is 2. The summed E-state index contributed by atoms with van der Waals surface area (Å²) in [7, 11) is 3.12. The van der Waals surface area contributed by atoms with Crippen LogP contribution in [0, 0.1) is 0 Å². The zero-order valence-electron chi connectivity index (χ0n) is 16.0. The van der Waals surface area contributed by atoms with E-state index in [0.29, 0.717) is 22.6 Å². The van der Waals surface area contributed by atoms with Gasteiger partial charge in [-0.25, -0.2) is 14.3 Å². The van der Waals surface area contributed by atoms with Crippen LogP contribution in [0.3, 0.4) is 0 Å². The Morgan fingerprint density at radius 3 is 2.38 bits per heavy atom. The predicted molar refractivity (Wildman–Crippen MR) is 110 cm³/mol. The van der Waals surface area contributed by atoms with Gasteiger partial charge < -0.3 is 9.47 Å². The molecule has 0 N–H and O–H groups in total. The maximum Gasteiger partial charge on any atom is 0.337 e. The first-order valence-corrected chi connectivity index (χ1v) is 9.01. The first kappa shape index (κ1) is 18.5. The van der Waals surface area contributed by atoms with Crippen molar-refractivity contribution >= 4 is 11.0 Å². The summed E-state index contributed by atoms with van der Waals surface area (Å²) in [5, 5.41) is 0.353. The molecule has 2 aromatic carbocycles. The number of aromatic nitrogens is 3. The van der Waals surface area contributed by atoms with Gasteiger partial charge in [0.05, 0.1) is 31.8 Å². The van der Waals surface area contributed by atoms with Gasteiger partial charge in [0.25, 0.3) is 5.56 Å². The quantitative estimate of drug-likeness (QED) is 0.525. The summed E-state index contributed by atoms with van der Waals surface area (Å²) in [6, 6.07) is 17.7. The van der Waals surface area contributed by atoms with Crippen LogP contribution < -0.4 is 20.7 Å². The van der Waals surface area contributed by atoms with Crippen molar-refractivity contribution in [2.45, 2.75) is 6.54 Å². The Morgan fingerprint density at radius 1 is 0.897 bits per heavy atom. The lowest BCUT2D eigenvalue weighted by Crippen LogP contribution is -2.40. The molecule has 0 saturated carbocycles. The van der Waals surface area contributed by atoms with E-state index in [-0.39, 0.29) is 17.8 Å². The number of hydrogen-bond donors (Lipinski definition) is 0. The van der Waals surface area contributed by atoms with Crippen molar-refractivity contribution in [3.05, 3.63) is 93.3 Å². The fourth-order valence-corrected chi connectivity index (χ4v) is 3.27. The number of rotatable bonds is 5. The Morgan fingerprint density at radius 2 is 1.66 bits per heavy atom. The van der Waals surface area contributed by atoms with Crippen molar-refractivity contribution < 1.29 is 9.47 Å². The lowest BCUT2D eigenvalue weighted by atomic mass is 10.2. The van der Waals surface area contributed by atoms with Gasteiger partial charge in [-0.3, -0.25) is 9.36 Å². The van der Waals surface area contributed by atoms with E-state index < -0.39 is 5.69 Å². The van der Waals surface area contributed by atoms with Gasteiger partial charge in [-0.15, -0.1) is 0 Å². The van der Waals surface area contributed by atoms with Crippen LogP contribution in [0.15, 0.2) is 76.4 Å². The van der Waals surface area contributed by atoms with E-state index in [1.54, 1.807) is 55.8 Å². The molecule has 0 aliphatic carbocycles. The molecule has 0 bridgehead atoms. The second-order valence-electron chi connectivity index (χ2n) is 6.40. The average molecular weight is 389 g/mol. The zero-order chi connectivity index (χ0) is 20.4. The number of fused-ring (bicyclic) bond motifs is 1. The van der Waals surface area contributed by atoms with Gasteiger partial charge in [-0.1, -0.05) is 24.3 Å². The first-order valence-electron chi connectivity index (χ1n) is 9.01. The SMILES string of the molecule is COc1ccc(Cn2c(=O)c3cccnc3n(-c3ccccc3OC)c2=O)cc1. The van der Waals surface area contributed by atoms with Gasteiger partial charge in [0.2, 0.25) is 0 Å². The lowest BCUT2D eigenvalue weighted by Gasteiger charge is -2.15. The van der Waals surface area contributed by atoms with E-state index in [1.165, 1.54) is 16.2 Å². The van der Waals surface area contributed by atoms with E-state index in [2.05, 4.69) is 4.98 Å². The molecule has 0 spiro atoms. The van der Waals surface area contributed by atoms with Crippen molar-refractivity contribution in [1.29, 1.82) is 0 Å². The number of methoxy groups -OCH3 is 2. The van der Waals surface area contributed by atoms with E-state index in [9.17, 15) is 9.59 Å². The summed E-state index contributed by atoms with van der Waals surface area (Å²) in [5.41, 5.74) is 0.742. The third kappa shape index (κ3) is 3.27. The van der Waals surface area contributed by atoms with Gasteiger partial charge >= 0.3 is 5.69 Å². The third-order valence-electron chi connectivity index (χ3n) is 4.72. The second-order valence-corrected chi connectivity index (χ2v) is 6.40. The molecule has 146 valence electrons. The molecule has 0 aliphatic rings. The molecule has 0 unspecified atom stereocenters. The summed E-state index contributed by atoms with van der Waals surface area (Å²) >= 11 is 0. The van der Waals surface area contributed by atoms with Gasteiger partial charge in [-0.05, 0) is 42.0 Å². The average Bonchev–Trinajstić information content (AvgIpc) is 2.77. The molecule has 0 fully saturated rings. The molecule has 7 heteroatoms. The molecule has 0 atom stereocenters. The minimum absolute atomic E-state index is 0.127. The van der Waals surface area contributed by atoms with Crippen molar-refractivity contribution in [3.63, 3.8) is 0 Å². The van der Waals surface area contributed by atoms with E-state index in [4.69, 9.17) is 9.47 Å². The van der Waals surface area contributed by atoms with Crippen LogP contribution in [-0.4, -0.2) is 28.3 Å². The topological polar surface area (TPSA) is 75.3 Å². The molecule has 4 rings (SSSR count). The smallest absolute Gasteiger partial charge is 0.337 e. The normalized spacial score (nSPS) is 10.8. The van der Waals surface area contributed by atoms with Crippen molar-refractivity contribution in [2.24, 2.45) is 0 Å². The molecular weight excluding hydrogens is 370 g/mol. The Kier molecular flexibility index (Phi) is 4.87. The summed E-state index contributed by atoms with van der Waals surface area (Å²) in [6.45, 7) is 0.127. The van der Waals surface area contributed by atoms with Crippen LogP contribution in [0.25, 0.3) is 16.7 Å². The molecule has 0 aliphatic heterocycles. The monoisotopic (exact) mass is 389 g/mol. The first-order chi connectivity index (χ1) is 14.1. The maximum absolute atomic E-state index is 13.4. The van der Waals surface area contributed by atoms with Crippen molar-refractivity contribution in [1.82, 2.24) is 14.1 Å². The molecular formula is C22H19N3O4. The van der Waals surface area contributed by atoms with Crippen LogP contribution in [0.5, 0.6) is 11.5 Å². The highest BCUT2D eigenvalue weighted by Crippen LogP contribution is 2.23. The molecule has 2 aromatic heterocycles. The number of nitrogens with zero attached hydrogens (tertiary/aromatic N) is 3. The summed E-state index contributed by atoms with van der Waals surface area (Å²) in [6.07, 6.45) is 1.56. The highest BCUT2D eigenvalue weighted by Gasteiger charge is 2.17. The highest BCUT2D eigenvalue weighted by atomic mass is 16.5. The maximum atomic E-state index is 13.4. The van der Waals surface area contributed by atoms with Crippen LogP contribution in [-0.2, 0) is 6.54 Å². The number of para-hydroxylation sites is 2. The van der Waals surface area contributed by atoms with Gasteiger partial charge in [-0.2, -0.15) is 0 Å².